The molecule has 7 heteroatoms. The standard InChI is InChI=1S/C9H12O4.C7H10O3/c1-6(10)12-8-3-4-9(5-8)13-7(2)11;1-5(8)10-7-3-2-6(9)4-7/h3-4,8-9H,5H2,1-2H3;2-3,6-7,9H,4H2,1H3/t8-,9+;6-,7+/m.1/s1. The second-order valence-corrected chi connectivity index (χ2v) is 5.25. The fourth-order valence-electron chi connectivity index (χ4n) is 2.18. The third-order valence-electron chi connectivity index (χ3n) is 2.98. The topological polar surface area (TPSA) is 99.1 Å². The van der Waals surface area contributed by atoms with E-state index in [1.165, 1.54) is 20.8 Å². The second kappa shape index (κ2) is 9.09. The molecule has 128 valence electrons. The Morgan fingerprint density at radius 1 is 0.739 bits per heavy atom. The largest absolute Gasteiger partial charge is 0.458 e. The molecule has 0 aromatic rings. The van der Waals surface area contributed by atoms with Crippen LogP contribution in [-0.4, -0.2) is 47.4 Å². The molecular weight excluding hydrogens is 304 g/mol. The van der Waals surface area contributed by atoms with Crippen LogP contribution in [0, 0.1) is 0 Å². The van der Waals surface area contributed by atoms with Crippen molar-refractivity contribution in [3.05, 3.63) is 24.3 Å². The monoisotopic (exact) mass is 326 g/mol. The molecule has 7 nitrogen and oxygen atoms in total. The number of hydrogen-bond acceptors (Lipinski definition) is 7. The van der Waals surface area contributed by atoms with Crippen molar-refractivity contribution in [2.24, 2.45) is 0 Å². The quantitative estimate of drug-likeness (QED) is 0.470. The van der Waals surface area contributed by atoms with Gasteiger partial charge in [0.1, 0.15) is 18.3 Å². The Morgan fingerprint density at radius 2 is 1.09 bits per heavy atom. The van der Waals surface area contributed by atoms with Crippen molar-refractivity contribution in [2.45, 2.75) is 58.0 Å². The van der Waals surface area contributed by atoms with Crippen molar-refractivity contribution in [2.75, 3.05) is 0 Å². The Labute approximate surface area is 134 Å². The Kier molecular flexibility index (Phi) is 7.47. The summed E-state index contributed by atoms with van der Waals surface area (Å²) in [5.41, 5.74) is 0. The molecule has 0 saturated heterocycles. The van der Waals surface area contributed by atoms with Crippen LogP contribution >= 0.6 is 0 Å². The Balaban J connectivity index is 0.000000238. The predicted molar refractivity (Wildman–Crippen MR) is 80.2 cm³/mol. The van der Waals surface area contributed by atoms with Crippen LogP contribution in [0.2, 0.25) is 0 Å². The Hall–Kier alpha value is -2.15. The molecule has 2 aliphatic rings. The van der Waals surface area contributed by atoms with E-state index in [4.69, 9.17) is 19.3 Å². The summed E-state index contributed by atoms with van der Waals surface area (Å²) in [7, 11) is 0. The van der Waals surface area contributed by atoms with Gasteiger partial charge in [-0.3, -0.25) is 14.4 Å². The maximum Gasteiger partial charge on any atom is 0.303 e. The van der Waals surface area contributed by atoms with Gasteiger partial charge in [0.2, 0.25) is 0 Å². The van der Waals surface area contributed by atoms with E-state index in [-0.39, 0.29) is 36.2 Å². The number of esters is 3. The Bertz CT molecular complexity index is 471. The lowest BCUT2D eigenvalue weighted by Gasteiger charge is -2.11. The SMILES string of the molecule is CC(=O)O[C@@H]1C=C[C@H](OC(C)=O)C1.CC(=O)O[C@H]1C=C[C@@H](O)C1. The van der Waals surface area contributed by atoms with Gasteiger partial charge in [-0.15, -0.1) is 0 Å². The zero-order valence-electron chi connectivity index (χ0n) is 13.4. The Morgan fingerprint density at radius 3 is 1.39 bits per heavy atom. The van der Waals surface area contributed by atoms with Crippen LogP contribution in [0.1, 0.15) is 33.6 Å². The van der Waals surface area contributed by atoms with Crippen LogP contribution in [0.15, 0.2) is 24.3 Å². The van der Waals surface area contributed by atoms with Gasteiger partial charge in [-0.05, 0) is 18.2 Å². The van der Waals surface area contributed by atoms with Gasteiger partial charge in [0.05, 0.1) is 6.10 Å². The van der Waals surface area contributed by atoms with E-state index in [1.807, 2.05) is 0 Å². The first-order chi connectivity index (χ1) is 10.8. The summed E-state index contributed by atoms with van der Waals surface area (Å²) >= 11 is 0. The zero-order chi connectivity index (χ0) is 17.4. The van der Waals surface area contributed by atoms with Gasteiger partial charge in [0.15, 0.2) is 0 Å². The molecule has 0 unspecified atom stereocenters. The van der Waals surface area contributed by atoms with Crippen molar-refractivity contribution in [1.82, 2.24) is 0 Å². The predicted octanol–water partition coefficient (Wildman–Crippen LogP) is 1.05. The number of ether oxygens (including phenoxy) is 3. The van der Waals surface area contributed by atoms with Crippen molar-refractivity contribution in [1.29, 1.82) is 0 Å². The van der Waals surface area contributed by atoms with E-state index in [1.54, 1.807) is 24.3 Å². The third-order valence-corrected chi connectivity index (χ3v) is 2.98. The first kappa shape index (κ1) is 18.9. The van der Waals surface area contributed by atoms with Gasteiger partial charge in [-0.1, -0.05) is 6.08 Å². The molecule has 0 amide bonds. The summed E-state index contributed by atoms with van der Waals surface area (Å²) in [5.74, 6) is -0.944. The highest BCUT2D eigenvalue weighted by Crippen LogP contribution is 2.17. The normalized spacial score (nSPS) is 27.8. The van der Waals surface area contributed by atoms with Crippen molar-refractivity contribution < 1.29 is 33.7 Å². The molecule has 0 aromatic heterocycles. The minimum absolute atomic E-state index is 0.215. The van der Waals surface area contributed by atoms with Crippen molar-refractivity contribution in [3.8, 4) is 0 Å². The fraction of sp³-hybridized carbons (Fsp3) is 0.562. The van der Waals surface area contributed by atoms with Gasteiger partial charge in [-0.2, -0.15) is 0 Å². The van der Waals surface area contributed by atoms with Crippen molar-refractivity contribution in [3.63, 3.8) is 0 Å². The maximum absolute atomic E-state index is 10.6. The van der Waals surface area contributed by atoms with Crippen LogP contribution in [0.3, 0.4) is 0 Å². The lowest BCUT2D eigenvalue weighted by Crippen LogP contribution is -2.17. The molecule has 0 fully saturated rings. The number of aliphatic hydroxyl groups excluding tert-OH is 1. The van der Waals surface area contributed by atoms with E-state index in [2.05, 4.69) is 0 Å². The average Bonchev–Trinajstić information content (AvgIpc) is 2.98. The van der Waals surface area contributed by atoms with Gasteiger partial charge in [0.25, 0.3) is 0 Å². The summed E-state index contributed by atoms with van der Waals surface area (Å²) in [6.45, 7) is 4.07. The molecule has 1 N–H and O–H groups in total. The zero-order valence-corrected chi connectivity index (χ0v) is 13.4. The first-order valence-corrected chi connectivity index (χ1v) is 7.32. The van der Waals surface area contributed by atoms with Crippen LogP contribution < -0.4 is 0 Å². The molecule has 23 heavy (non-hydrogen) atoms. The van der Waals surface area contributed by atoms with Crippen LogP contribution in [0.25, 0.3) is 0 Å². The van der Waals surface area contributed by atoms with Crippen LogP contribution in [-0.2, 0) is 28.6 Å². The van der Waals surface area contributed by atoms with Crippen molar-refractivity contribution >= 4 is 17.9 Å². The molecule has 0 bridgehead atoms. The van der Waals surface area contributed by atoms with E-state index in [0.29, 0.717) is 12.8 Å². The summed E-state index contributed by atoms with van der Waals surface area (Å²) in [6.07, 6.45) is 6.67. The lowest BCUT2D eigenvalue weighted by atomic mass is 10.3. The molecule has 0 aromatic carbocycles. The number of aliphatic hydroxyl groups is 1. The lowest BCUT2D eigenvalue weighted by molar-refractivity contribution is -0.148. The molecule has 2 aliphatic carbocycles. The number of rotatable bonds is 3. The van der Waals surface area contributed by atoms with E-state index in [9.17, 15) is 14.4 Å². The molecule has 4 atom stereocenters. The maximum atomic E-state index is 10.6. The van der Waals surface area contributed by atoms with E-state index >= 15 is 0 Å². The smallest absolute Gasteiger partial charge is 0.303 e. The molecule has 0 spiro atoms. The fourth-order valence-corrected chi connectivity index (χ4v) is 2.18. The molecule has 0 aliphatic heterocycles. The molecular formula is C16H22O7. The molecule has 0 saturated carbocycles. The molecule has 0 radical (unpaired) electrons. The van der Waals surface area contributed by atoms with Gasteiger partial charge in [-0.25, -0.2) is 0 Å². The van der Waals surface area contributed by atoms with Gasteiger partial charge < -0.3 is 19.3 Å². The van der Waals surface area contributed by atoms with E-state index in [0.717, 1.165) is 0 Å². The number of hydrogen-bond donors (Lipinski definition) is 1. The van der Waals surface area contributed by atoms with E-state index < -0.39 is 6.10 Å². The summed E-state index contributed by atoms with van der Waals surface area (Å²) in [6, 6.07) is 0. The average molecular weight is 326 g/mol. The summed E-state index contributed by atoms with van der Waals surface area (Å²) in [4.78, 5) is 31.5. The summed E-state index contributed by atoms with van der Waals surface area (Å²) in [5, 5.41) is 8.93. The van der Waals surface area contributed by atoms with Gasteiger partial charge in [0, 0.05) is 33.6 Å². The molecule has 0 heterocycles. The van der Waals surface area contributed by atoms with Crippen LogP contribution in [0.4, 0.5) is 0 Å². The minimum Gasteiger partial charge on any atom is -0.458 e. The molecule has 2 rings (SSSR count). The highest BCUT2D eigenvalue weighted by molar-refractivity contribution is 5.67. The number of carbonyl (C=O) groups is 3. The second-order valence-electron chi connectivity index (χ2n) is 5.25. The third kappa shape index (κ3) is 8.15. The number of carbonyl (C=O) groups excluding carboxylic acids is 3. The van der Waals surface area contributed by atoms with Crippen LogP contribution in [0.5, 0.6) is 0 Å². The first-order valence-electron chi connectivity index (χ1n) is 7.32. The summed E-state index contributed by atoms with van der Waals surface area (Å²) < 4.78 is 14.6. The highest BCUT2D eigenvalue weighted by atomic mass is 16.6. The highest BCUT2D eigenvalue weighted by Gasteiger charge is 2.22. The minimum atomic E-state index is -0.440. The van der Waals surface area contributed by atoms with Gasteiger partial charge >= 0.3 is 17.9 Å².